The van der Waals surface area contributed by atoms with Crippen molar-refractivity contribution in [2.75, 3.05) is 11.6 Å². The molecule has 0 spiro atoms. The summed E-state index contributed by atoms with van der Waals surface area (Å²) in [5, 5.41) is 3.01. The van der Waals surface area contributed by atoms with Crippen molar-refractivity contribution in [3.8, 4) is 0 Å². The van der Waals surface area contributed by atoms with Crippen LogP contribution in [-0.2, 0) is 11.2 Å². The number of amides is 1. The van der Waals surface area contributed by atoms with Crippen LogP contribution >= 0.6 is 23.5 Å². The molecule has 1 aliphatic rings. The van der Waals surface area contributed by atoms with Crippen LogP contribution in [-0.4, -0.2) is 17.4 Å². The maximum Gasteiger partial charge on any atom is 0.238 e. The van der Waals surface area contributed by atoms with Crippen molar-refractivity contribution in [1.82, 2.24) is 0 Å². The first-order chi connectivity index (χ1) is 10.2. The Morgan fingerprint density at radius 1 is 1.29 bits per heavy atom. The van der Waals surface area contributed by atoms with Crippen LogP contribution in [0.15, 0.2) is 52.3 Å². The minimum atomic E-state index is -0.0280. The lowest BCUT2D eigenvalue weighted by atomic mass is 10.1. The van der Waals surface area contributed by atoms with E-state index in [0.29, 0.717) is 0 Å². The first-order valence-corrected chi connectivity index (χ1v) is 8.97. The molecule has 2 aromatic carbocycles. The van der Waals surface area contributed by atoms with E-state index in [1.165, 1.54) is 16.0 Å². The Labute approximate surface area is 133 Å². The highest BCUT2D eigenvalue weighted by Crippen LogP contribution is 2.38. The van der Waals surface area contributed by atoms with Gasteiger partial charge in [-0.3, -0.25) is 4.79 Å². The Bertz CT molecular complexity index is 684. The number of hydrogen-bond donors (Lipinski definition) is 1. The highest BCUT2D eigenvalue weighted by atomic mass is 32.2. The topological polar surface area (TPSA) is 29.1 Å². The van der Waals surface area contributed by atoms with E-state index < -0.39 is 0 Å². The average molecular weight is 315 g/mol. The third-order valence-corrected chi connectivity index (χ3v) is 5.55. The van der Waals surface area contributed by atoms with Gasteiger partial charge in [0.15, 0.2) is 0 Å². The van der Waals surface area contributed by atoms with Gasteiger partial charge in [0.25, 0.3) is 0 Å². The van der Waals surface area contributed by atoms with Crippen LogP contribution in [0.4, 0.5) is 5.69 Å². The van der Waals surface area contributed by atoms with E-state index in [-0.39, 0.29) is 11.2 Å². The lowest BCUT2D eigenvalue weighted by Gasteiger charge is -2.10. The van der Waals surface area contributed by atoms with Gasteiger partial charge in [0, 0.05) is 15.5 Å². The molecule has 0 fully saturated rings. The predicted octanol–water partition coefficient (Wildman–Crippen LogP) is 4.37. The number of thioether (sulfide) groups is 2. The van der Waals surface area contributed by atoms with Gasteiger partial charge in [0.1, 0.15) is 0 Å². The number of nitrogens with one attached hydrogen (secondary N) is 1. The Morgan fingerprint density at radius 3 is 2.95 bits per heavy atom. The van der Waals surface area contributed by atoms with E-state index in [1.54, 1.807) is 23.5 Å². The summed E-state index contributed by atoms with van der Waals surface area (Å²) in [5.74, 6) is 0.0899. The molecule has 2 aromatic rings. The van der Waals surface area contributed by atoms with Crippen LogP contribution in [0.3, 0.4) is 0 Å². The lowest BCUT2D eigenvalue weighted by Crippen LogP contribution is -2.24. The van der Waals surface area contributed by atoms with Gasteiger partial charge in [0.05, 0.1) is 5.25 Å². The minimum absolute atomic E-state index is 0.0280. The van der Waals surface area contributed by atoms with E-state index in [4.69, 9.17) is 0 Å². The number of carbonyl (C=O) groups excluding carboxylic acids is 1. The highest BCUT2D eigenvalue weighted by molar-refractivity contribution is 8.01. The largest absolute Gasteiger partial charge is 0.325 e. The van der Waals surface area contributed by atoms with Crippen LogP contribution < -0.4 is 5.32 Å². The number of fused-ring (bicyclic) bond motifs is 1. The molecular weight excluding hydrogens is 298 g/mol. The fraction of sp³-hybridized carbons (Fsp3) is 0.235. The maximum absolute atomic E-state index is 12.4. The summed E-state index contributed by atoms with van der Waals surface area (Å²) < 4.78 is 0. The normalized spacial score (nSPS) is 16.6. The van der Waals surface area contributed by atoms with Crippen molar-refractivity contribution in [1.29, 1.82) is 0 Å². The summed E-state index contributed by atoms with van der Waals surface area (Å²) in [6.45, 7) is 2.09. The summed E-state index contributed by atoms with van der Waals surface area (Å²) in [5.41, 5.74) is 3.40. The van der Waals surface area contributed by atoms with Crippen molar-refractivity contribution < 1.29 is 4.79 Å². The Balaban J connectivity index is 1.70. The molecule has 0 aromatic heterocycles. The van der Waals surface area contributed by atoms with E-state index >= 15 is 0 Å². The molecule has 3 rings (SSSR count). The molecular formula is C17H17NOS2. The van der Waals surface area contributed by atoms with Gasteiger partial charge in [0.2, 0.25) is 5.91 Å². The molecule has 1 aliphatic heterocycles. The number of hydrogen-bond acceptors (Lipinski definition) is 3. The molecule has 1 heterocycles. The molecule has 1 amide bonds. The van der Waals surface area contributed by atoms with Crippen LogP contribution in [0.2, 0.25) is 0 Å². The molecule has 1 atom stereocenters. The first-order valence-electron chi connectivity index (χ1n) is 6.87. The lowest BCUT2D eigenvalue weighted by molar-refractivity contribution is -0.115. The van der Waals surface area contributed by atoms with Crippen molar-refractivity contribution in [3.05, 3.63) is 53.6 Å². The summed E-state index contributed by atoms with van der Waals surface area (Å²) in [7, 11) is 0. The predicted molar refractivity (Wildman–Crippen MR) is 91.4 cm³/mol. The Kier molecular flexibility index (Phi) is 4.27. The minimum Gasteiger partial charge on any atom is -0.325 e. The molecule has 0 bridgehead atoms. The summed E-state index contributed by atoms with van der Waals surface area (Å²) in [4.78, 5) is 14.8. The van der Waals surface area contributed by atoms with Crippen molar-refractivity contribution >= 4 is 35.1 Å². The molecule has 0 saturated heterocycles. The third kappa shape index (κ3) is 3.27. The number of aryl methyl sites for hydroxylation is 1. The second-order valence-corrected chi connectivity index (χ2v) is 7.27. The molecule has 1 N–H and O–H groups in total. The van der Waals surface area contributed by atoms with Gasteiger partial charge in [-0.2, -0.15) is 0 Å². The maximum atomic E-state index is 12.4. The summed E-state index contributed by atoms with van der Waals surface area (Å²) >= 11 is 3.35. The SMILES string of the molecule is CSc1cccc(NC(=O)[C@H]2Cc3ccc(C)cc3S2)c1. The van der Waals surface area contributed by atoms with Crippen molar-refractivity contribution in [2.24, 2.45) is 0 Å². The van der Waals surface area contributed by atoms with E-state index in [1.807, 2.05) is 30.5 Å². The molecule has 108 valence electrons. The molecule has 4 heteroatoms. The van der Waals surface area contributed by atoms with Crippen LogP contribution in [0.1, 0.15) is 11.1 Å². The Morgan fingerprint density at radius 2 is 2.14 bits per heavy atom. The molecule has 0 aliphatic carbocycles. The van der Waals surface area contributed by atoms with Gasteiger partial charge in [-0.15, -0.1) is 23.5 Å². The fourth-order valence-electron chi connectivity index (χ4n) is 2.40. The monoisotopic (exact) mass is 315 g/mol. The molecule has 0 radical (unpaired) electrons. The van der Waals surface area contributed by atoms with Gasteiger partial charge in [-0.05, 0) is 49.4 Å². The molecule has 0 saturated carbocycles. The average Bonchev–Trinajstić information content (AvgIpc) is 2.90. The number of carbonyl (C=O) groups is 1. The second kappa shape index (κ2) is 6.16. The highest BCUT2D eigenvalue weighted by Gasteiger charge is 2.28. The first kappa shape index (κ1) is 14.5. The fourth-order valence-corrected chi connectivity index (χ4v) is 4.16. The van der Waals surface area contributed by atoms with Gasteiger partial charge in [-0.25, -0.2) is 0 Å². The number of anilines is 1. The van der Waals surface area contributed by atoms with Crippen LogP contribution in [0.25, 0.3) is 0 Å². The summed E-state index contributed by atoms with van der Waals surface area (Å²) in [6.07, 6.45) is 2.85. The third-order valence-electron chi connectivity index (χ3n) is 3.53. The molecule has 21 heavy (non-hydrogen) atoms. The number of benzene rings is 2. The van der Waals surface area contributed by atoms with Gasteiger partial charge >= 0.3 is 0 Å². The smallest absolute Gasteiger partial charge is 0.238 e. The second-order valence-electron chi connectivity index (χ2n) is 5.14. The van der Waals surface area contributed by atoms with Gasteiger partial charge in [-0.1, -0.05) is 23.8 Å². The number of rotatable bonds is 3. The molecule has 0 unspecified atom stereocenters. The van der Waals surface area contributed by atoms with Crippen molar-refractivity contribution in [2.45, 2.75) is 28.4 Å². The zero-order chi connectivity index (χ0) is 14.8. The quantitative estimate of drug-likeness (QED) is 0.853. The van der Waals surface area contributed by atoms with Gasteiger partial charge < -0.3 is 5.32 Å². The van der Waals surface area contributed by atoms with E-state index in [0.717, 1.165) is 17.0 Å². The Hall–Kier alpha value is -1.39. The summed E-state index contributed by atoms with van der Waals surface area (Å²) in [6, 6.07) is 14.4. The van der Waals surface area contributed by atoms with E-state index in [2.05, 4.69) is 30.4 Å². The van der Waals surface area contributed by atoms with Crippen LogP contribution in [0, 0.1) is 6.92 Å². The standard InChI is InChI=1S/C17H17NOS2/c1-11-6-7-12-9-16(21-15(12)8-11)17(19)18-13-4-3-5-14(10-13)20-2/h3-8,10,16H,9H2,1-2H3,(H,18,19)/t16-/m1/s1. The van der Waals surface area contributed by atoms with Crippen molar-refractivity contribution in [3.63, 3.8) is 0 Å². The zero-order valence-electron chi connectivity index (χ0n) is 12.1. The van der Waals surface area contributed by atoms with E-state index in [9.17, 15) is 4.79 Å². The van der Waals surface area contributed by atoms with Crippen LogP contribution in [0.5, 0.6) is 0 Å². The zero-order valence-corrected chi connectivity index (χ0v) is 13.7. The molecule has 2 nitrogen and oxygen atoms in total.